The molecule has 0 unspecified atom stereocenters. The highest BCUT2D eigenvalue weighted by atomic mass is 19.1. The quantitative estimate of drug-likeness (QED) is 0.836. The van der Waals surface area contributed by atoms with Gasteiger partial charge in [-0.1, -0.05) is 12.1 Å². The van der Waals surface area contributed by atoms with Crippen LogP contribution in [0.2, 0.25) is 0 Å². The second-order valence-electron chi connectivity index (χ2n) is 4.65. The molecule has 0 aliphatic heterocycles. The van der Waals surface area contributed by atoms with E-state index >= 15 is 0 Å². The predicted molar refractivity (Wildman–Crippen MR) is 75.7 cm³/mol. The molecule has 1 amide bonds. The van der Waals surface area contributed by atoms with Gasteiger partial charge in [-0.2, -0.15) is 0 Å². The Labute approximate surface area is 118 Å². The summed E-state index contributed by atoms with van der Waals surface area (Å²) in [6.45, 7) is 2.62. The van der Waals surface area contributed by atoms with E-state index in [0.717, 1.165) is 0 Å². The summed E-state index contributed by atoms with van der Waals surface area (Å²) in [6.07, 6.45) is 0.923. The Morgan fingerprint density at radius 3 is 2.70 bits per heavy atom. The Bertz CT molecular complexity index is 592. The van der Waals surface area contributed by atoms with Crippen LogP contribution in [0.15, 0.2) is 40.8 Å². The minimum Gasteiger partial charge on any atom is -0.461 e. The van der Waals surface area contributed by atoms with Crippen LogP contribution in [0.3, 0.4) is 0 Å². The van der Waals surface area contributed by atoms with Crippen LogP contribution in [0, 0.1) is 5.82 Å². The van der Waals surface area contributed by atoms with E-state index in [1.165, 1.54) is 6.07 Å². The molecule has 0 fully saturated rings. The summed E-state index contributed by atoms with van der Waals surface area (Å²) in [4.78, 5) is 13.4. The lowest BCUT2D eigenvalue weighted by atomic mass is 10.1. The van der Waals surface area contributed by atoms with E-state index < -0.39 is 0 Å². The summed E-state index contributed by atoms with van der Waals surface area (Å²) in [7, 11) is 1.77. The summed E-state index contributed by atoms with van der Waals surface area (Å²) < 4.78 is 19.2. The minimum atomic E-state index is -0.310. The molecule has 0 saturated carbocycles. The highest BCUT2D eigenvalue weighted by Crippen LogP contribution is 2.25. The van der Waals surface area contributed by atoms with Crippen LogP contribution in [-0.4, -0.2) is 24.4 Å². The number of rotatable bonds is 5. The van der Waals surface area contributed by atoms with Gasteiger partial charge < -0.3 is 9.32 Å². The molecule has 2 rings (SSSR count). The standard InChI is InChI=1S/C16H18FNO2/c1-3-18(2)16(19)11-9-12-8-10-15(20-12)13-6-4-5-7-14(13)17/h4-8,10H,3,9,11H2,1-2H3. The monoisotopic (exact) mass is 275 g/mol. The lowest BCUT2D eigenvalue weighted by molar-refractivity contribution is -0.129. The van der Waals surface area contributed by atoms with Gasteiger partial charge in [0.2, 0.25) is 5.91 Å². The molecule has 0 radical (unpaired) electrons. The van der Waals surface area contributed by atoms with E-state index in [9.17, 15) is 9.18 Å². The van der Waals surface area contributed by atoms with Gasteiger partial charge >= 0.3 is 0 Å². The Hall–Kier alpha value is -2.10. The smallest absolute Gasteiger partial charge is 0.222 e. The first-order chi connectivity index (χ1) is 9.61. The van der Waals surface area contributed by atoms with Crippen LogP contribution in [0.4, 0.5) is 4.39 Å². The maximum absolute atomic E-state index is 13.6. The number of benzene rings is 1. The molecule has 0 aliphatic carbocycles. The average Bonchev–Trinajstić information content (AvgIpc) is 2.93. The fraction of sp³-hybridized carbons (Fsp3) is 0.312. The summed E-state index contributed by atoms with van der Waals surface area (Å²) in [6, 6.07) is 10.0. The topological polar surface area (TPSA) is 33.5 Å². The fourth-order valence-electron chi connectivity index (χ4n) is 1.92. The van der Waals surface area contributed by atoms with Crippen molar-refractivity contribution >= 4 is 5.91 Å². The molecular weight excluding hydrogens is 257 g/mol. The number of aryl methyl sites for hydroxylation is 1. The van der Waals surface area contributed by atoms with Gasteiger partial charge in [-0.3, -0.25) is 4.79 Å². The molecule has 3 nitrogen and oxygen atoms in total. The molecule has 0 atom stereocenters. The Kier molecular flexibility index (Phi) is 4.56. The molecule has 0 spiro atoms. The van der Waals surface area contributed by atoms with E-state index in [2.05, 4.69) is 0 Å². The first kappa shape index (κ1) is 14.3. The summed E-state index contributed by atoms with van der Waals surface area (Å²) in [5.74, 6) is 0.960. The van der Waals surface area contributed by atoms with Crippen LogP contribution in [0.5, 0.6) is 0 Å². The molecule has 106 valence electrons. The number of carbonyl (C=O) groups excluding carboxylic acids is 1. The maximum atomic E-state index is 13.6. The highest BCUT2D eigenvalue weighted by molar-refractivity contribution is 5.76. The van der Waals surface area contributed by atoms with Gasteiger partial charge in [-0.25, -0.2) is 4.39 Å². The normalized spacial score (nSPS) is 10.6. The van der Waals surface area contributed by atoms with Crippen LogP contribution in [0.1, 0.15) is 19.1 Å². The van der Waals surface area contributed by atoms with E-state index in [1.807, 2.05) is 6.92 Å². The summed E-state index contributed by atoms with van der Waals surface area (Å²) >= 11 is 0. The predicted octanol–water partition coefficient (Wildman–Crippen LogP) is 3.50. The number of hydrogen-bond donors (Lipinski definition) is 0. The molecule has 0 bridgehead atoms. The largest absolute Gasteiger partial charge is 0.461 e. The Morgan fingerprint density at radius 2 is 2.00 bits per heavy atom. The number of amides is 1. The van der Waals surface area contributed by atoms with Gasteiger partial charge in [-0.15, -0.1) is 0 Å². The minimum absolute atomic E-state index is 0.0799. The van der Waals surface area contributed by atoms with Crippen LogP contribution < -0.4 is 0 Å². The van der Waals surface area contributed by atoms with Crippen molar-refractivity contribution in [2.24, 2.45) is 0 Å². The van der Waals surface area contributed by atoms with Crippen molar-refractivity contribution in [1.82, 2.24) is 4.90 Å². The molecule has 0 saturated heterocycles. The SMILES string of the molecule is CCN(C)C(=O)CCc1ccc(-c2ccccc2F)o1. The number of furan rings is 1. The first-order valence-corrected chi connectivity index (χ1v) is 6.69. The fourth-order valence-corrected chi connectivity index (χ4v) is 1.92. The van der Waals surface area contributed by atoms with Crippen molar-refractivity contribution in [2.45, 2.75) is 19.8 Å². The molecule has 20 heavy (non-hydrogen) atoms. The van der Waals surface area contributed by atoms with E-state index in [0.29, 0.717) is 36.5 Å². The van der Waals surface area contributed by atoms with Crippen LogP contribution >= 0.6 is 0 Å². The van der Waals surface area contributed by atoms with Crippen molar-refractivity contribution in [1.29, 1.82) is 0 Å². The van der Waals surface area contributed by atoms with Gasteiger partial charge in [0.05, 0.1) is 5.56 Å². The second kappa shape index (κ2) is 6.37. The number of hydrogen-bond acceptors (Lipinski definition) is 2. The molecule has 1 aromatic carbocycles. The number of nitrogens with zero attached hydrogens (tertiary/aromatic N) is 1. The summed E-state index contributed by atoms with van der Waals surface area (Å²) in [5, 5.41) is 0. The number of carbonyl (C=O) groups is 1. The zero-order chi connectivity index (χ0) is 14.5. The molecule has 1 aromatic heterocycles. The average molecular weight is 275 g/mol. The zero-order valence-corrected chi connectivity index (χ0v) is 11.7. The second-order valence-corrected chi connectivity index (χ2v) is 4.65. The molecule has 2 aromatic rings. The van der Waals surface area contributed by atoms with Crippen molar-refractivity contribution < 1.29 is 13.6 Å². The lowest BCUT2D eigenvalue weighted by Crippen LogP contribution is -2.26. The third-order valence-corrected chi connectivity index (χ3v) is 3.29. The zero-order valence-electron chi connectivity index (χ0n) is 11.7. The molecule has 4 heteroatoms. The van der Waals surface area contributed by atoms with Gasteiger partial charge in [0.15, 0.2) is 0 Å². The van der Waals surface area contributed by atoms with Gasteiger partial charge in [0.1, 0.15) is 17.3 Å². The molecule has 1 heterocycles. The van der Waals surface area contributed by atoms with E-state index in [1.54, 1.807) is 42.3 Å². The molecular formula is C16H18FNO2. The van der Waals surface area contributed by atoms with Crippen molar-refractivity contribution in [3.63, 3.8) is 0 Å². The first-order valence-electron chi connectivity index (χ1n) is 6.69. The van der Waals surface area contributed by atoms with Crippen molar-refractivity contribution in [3.05, 3.63) is 48.0 Å². The van der Waals surface area contributed by atoms with E-state index in [4.69, 9.17) is 4.42 Å². The Balaban J connectivity index is 2.03. The maximum Gasteiger partial charge on any atom is 0.222 e. The Morgan fingerprint density at radius 1 is 1.25 bits per heavy atom. The third-order valence-electron chi connectivity index (χ3n) is 3.29. The van der Waals surface area contributed by atoms with Gasteiger partial charge in [0.25, 0.3) is 0 Å². The van der Waals surface area contributed by atoms with Crippen LogP contribution in [0.25, 0.3) is 11.3 Å². The third kappa shape index (κ3) is 3.26. The van der Waals surface area contributed by atoms with Crippen molar-refractivity contribution in [2.75, 3.05) is 13.6 Å². The molecule has 0 aliphatic rings. The number of halogens is 1. The van der Waals surface area contributed by atoms with Crippen LogP contribution in [-0.2, 0) is 11.2 Å². The molecule has 0 N–H and O–H groups in total. The van der Waals surface area contributed by atoms with Gasteiger partial charge in [0, 0.05) is 26.4 Å². The van der Waals surface area contributed by atoms with Gasteiger partial charge in [-0.05, 0) is 31.2 Å². The highest BCUT2D eigenvalue weighted by Gasteiger charge is 2.11. The van der Waals surface area contributed by atoms with Crippen molar-refractivity contribution in [3.8, 4) is 11.3 Å². The van der Waals surface area contributed by atoms with E-state index in [-0.39, 0.29) is 11.7 Å². The summed E-state index contributed by atoms with van der Waals surface area (Å²) in [5.41, 5.74) is 0.441. The lowest BCUT2D eigenvalue weighted by Gasteiger charge is -2.13.